The van der Waals surface area contributed by atoms with Gasteiger partial charge in [-0.3, -0.25) is 0 Å². The average molecular weight is 419 g/mol. The van der Waals surface area contributed by atoms with Crippen LogP contribution in [0.2, 0.25) is 5.02 Å². The van der Waals surface area contributed by atoms with E-state index >= 15 is 0 Å². The first-order chi connectivity index (χ1) is 14.5. The summed E-state index contributed by atoms with van der Waals surface area (Å²) in [5.41, 5.74) is 4.20. The number of rotatable bonds is 7. The Labute approximate surface area is 180 Å². The number of halogens is 1. The van der Waals surface area contributed by atoms with Gasteiger partial charge in [-0.05, 0) is 36.2 Å². The first kappa shape index (κ1) is 20.2. The van der Waals surface area contributed by atoms with E-state index in [2.05, 4.69) is 24.4 Å². The third kappa shape index (κ3) is 4.11. The third-order valence-corrected chi connectivity index (χ3v) is 5.67. The third-order valence-electron chi connectivity index (χ3n) is 5.42. The van der Waals surface area contributed by atoms with Crippen LogP contribution in [-0.4, -0.2) is 15.6 Å². The summed E-state index contributed by atoms with van der Waals surface area (Å²) in [4.78, 5) is 12.3. The van der Waals surface area contributed by atoms with E-state index in [0.29, 0.717) is 23.8 Å². The maximum atomic E-state index is 12.3. The van der Waals surface area contributed by atoms with Crippen molar-refractivity contribution in [2.45, 2.75) is 26.1 Å². The first-order valence-corrected chi connectivity index (χ1v) is 10.3. The summed E-state index contributed by atoms with van der Waals surface area (Å²) < 4.78 is 1.88. The lowest BCUT2D eigenvalue weighted by molar-refractivity contribution is 0.0684. The second kappa shape index (κ2) is 8.74. The Hall–Kier alpha value is -3.08. The zero-order valence-electron chi connectivity index (χ0n) is 16.7. The number of benzene rings is 3. The van der Waals surface area contributed by atoms with Crippen LogP contribution in [-0.2, 0) is 13.1 Å². The SMILES string of the molecule is CC(NCc1c(C(=O)O)n(Cc2ccc(Cl)cc2)c2ccccc12)c1ccccc1. The van der Waals surface area contributed by atoms with Crippen molar-refractivity contribution in [1.29, 1.82) is 0 Å². The minimum Gasteiger partial charge on any atom is -0.477 e. The van der Waals surface area contributed by atoms with E-state index in [-0.39, 0.29) is 6.04 Å². The normalized spacial score (nSPS) is 12.2. The molecular weight excluding hydrogens is 396 g/mol. The molecule has 0 aliphatic heterocycles. The molecule has 0 fully saturated rings. The number of carboxylic acids is 1. The van der Waals surface area contributed by atoms with Gasteiger partial charge in [-0.1, -0.05) is 72.3 Å². The monoisotopic (exact) mass is 418 g/mol. The fourth-order valence-electron chi connectivity index (χ4n) is 3.85. The van der Waals surface area contributed by atoms with Crippen molar-refractivity contribution in [3.05, 3.63) is 106 Å². The number of nitrogens with zero attached hydrogens (tertiary/aromatic N) is 1. The van der Waals surface area contributed by atoms with E-state index in [9.17, 15) is 9.90 Å². The summed E-state index contributed by atoms with van der Waals surface area (Å²) >= 11 is 6.01. The van der Waals surface area contributed by atoms with Gasteiger partial charge in [-0.15, -0.1) is 0 Å². The van der Waals surface area contributed by atoms with Crippen molar-refractivity contribution in [3.8, 4) is 0 Å². The van der Waals surface area contributed by atoms with Gasteiger partial charge in [0.15, 0.2) is 0 Å². The van der Waals surface area contributed by atoms with Gasteiger partial charge in [-0.25, -0.2) is 4.79 Å². The van der Waals surface area contributed by atoms with E-state index in [4.69, 9.17) is 11.6 Å². The summed E-state index contributed by atoms with van der Waals surface area (Å²) in [6.45, 7) is 3.02. The Bertz CT molecular complexity index is 1170. The highest BCUT2D eigenvalue weighted by Crippen LogP contribution is 2.28. The standard InChI is InChI=1S/C25H23ClN2O2/c1-17(19-7-3-2-4-8-19)27-15-22-21-9-5-6-10-23(21)28(24(22)25(29)30)16-18-11-13-20(26)14-12-18/h2-14,17,27H,15-16H2,1H3,(H,29,30). The molecule has 0 amide bonds. The molecule has 4 nitrogen and oxygen atoms in total. The number of aromatic carboxylic acids is 1. The number of aromatic nitrogens is 1. The Morgan fingerprint density at radius 3 is 2.37 bits per heavy atom. The molecule has 0 saturated carbocycles. The number of carbonyl (C=O) groups is 1. The molecule has 1 heterocycles. The second-order valence-corrected chi connectivity index (χ2v) is 7.81. The summed E-state index contributed by atoms with van der Waals surface area (Å²) in [6.07, 6.45) is 0. The van der Waals surface area contributed by atoms with E-state index < -0.39 is 5.97 Å². The lowest BCUT2D eigenvalue weighted by Gasteiger charge is -2.15. The number of hydrogen-bond acceptors (Lipinski definition) is 2. The van der Waals surface area contributed by atoms with Gasteiger partial charge in [0, 0.05) is 40.6 Å². The topological polar surface area (TPSA) is 54.3 Å². The minimum absolute atomic E-state index is 0.103. The molecule has 152 valence electrons. The molecule has 30 heavy (non-hydrogen) atoms. The molecule has 2 N–H and O–H groups in total. The highest BCUT2D eigenvalue weighted by atomic mass is 35.5. The fraction of sp³-hybridized carbons (Fsp3) is 0.160. The smallest absolute Gasteiger partial charge is 0.352 e. The molecule has 1 unspecified atom stereocenters. The van der Waals surface area contributed by atoms with E-state index in [0.717, 1.165) is 22.0 Å². The summed E-state index contributed by atoms with van der Waals surface area (Å²) in [7, 11) is 0. The van der Waals surface area contributed by atoms with Gasteiger partial charge in [0.2, 0.25) is 0 Å². The van der Waals surface area contributed by atoms with Crippen LogP contribution < -0.4 is 5.32 Å². The highest BCUT2D eigenvalue weighted by molar-refractivity contribution is 6.30. The number of nitrogens with one attached hydrogen (secondary N) is 1. The molecule has 4 aromatic rings. The molecule has 1 aromatic heterocycles. The summed E-state index contributed by atoms with van der Waals surface area (Å²) in [5, 5.41) is 15.2. The minimum atomic E-state index is -0.927. The van der Waals surface area contributed by atoms with Crippen molar-refractivity contribution >= 4 is 28.5 Å². The average Bonchev–Trinajstić information content (AvgIpc) is 3.08. The molecule has 1 atom stereocenters. The van der Waals surface area contributed by atoms with Crippen molar-refractivity contribution in [2.24, 2.45) is 0 Å². The van der Waals surface area contributed by atoms with Crippen LogP contribution in [0.5, 0.6) is 0 Å². The van der Waals surface area contributed by atoms with Crippen molar-refractivity contribution in [2.75, 3.05) is 0 Å². The van der Waals surface area contributed by atoms with Gasteiger partial charge in [0.05, 0.1) is 0 Å². The molecule has 5 heteroatoms. The van der Waals surface area contributed by atoms with Crippen molar-refractivity contribution < 1.29 is 9.90 Å². The largest absolute Gasteiger partial charge is 0.477 e. The lowest BCUT2D eigenvalue weighted by atomic mass is 10.1. The Morgan fingerprint density at radius 2 is 1.67 bits per heavy atom. The number of fused-ring (bicyclic) bond motifs is 1. The second-order valence-electron chi connectivity index (χ2n) is 7.38. The van der Waals surface area contributed by atoms with E-state index in [1.54, 1.807) is 0 Å². The Kier molecular flexibility index (Phi) is 5.88. The molecule has 0 aliphatic rings. The predicted molar refractivity (Wildman–Crippen MR) is 121 cm³/mol. The van der Waals surface area contributed by atoms with Crippen LogP contribution in [0.4, 0.5) is 0 Å². The summed E-state index contributed by atoms with van der Waals surface area (Å²) in [6, 6.07) is 25.6. The molecular formula is C25H23ClN2O2. The number of para-hydroxylation sites is 1. The van der Waals surface area contributed by atoms with E-state index in [1.165, 1.54) is 5.56 Å². The quantitative estimate of drug-likeness (QED) is 0.393. The van der Waals surface area contributed by atoms with Crippen LogP contribution in [0.3, 0.4) is 0 Å². The number of hydrogen-bond donors (Lipinski definition) is 2. The highest BCUT2D eigenvalue weighted by Gasteiger charge is 2.22. The molecule has 0 radical (unpaired) electrons. The van der Waals surface area contributed by atoms with Crippen molar-refractivity contribution in [3.63, 3.8) is 0 Å². The van der Waals surface area contributed by atoms with E-state index in [1.807, 2.05) is 71.3 Å². The fourth-order valence-corrected chi connectivity index (χ4v) is 3.98. The Balaban J connectivity index is 1.72. The van der Waals surface area contributed by atoms with Gasteiger partial charge in [0.1, 0.15) is 5.69 Å². The Morgan fingerprint density at radius 1 is 1.00 bits per heavy atom. The predicted octanol–water partition coefficient (Wildman–Crippen LogP) is 5.89. The molecule has 3 aromatic carbocycles. The van der Waals surface area contributed by atoms with Crippen LogP contribution in [0.15, 0.2) is 78.9 Å². The molecule has 0 saturated heterocycles. The van der Waals surface area contributed by atoms with Crippen LogP contribution in [0.25, 0.3) is 10.9 Å². The summed E-state index contributed by atoms with van der Waals surface area (Å²) in [5.74, 6) is -0.927. The zero-order chi connectivity index (χ0) is 21.1. The lowest BCUT2D eigenvalue weighted by Crippen LogP contribution is -2.20. The maximum Gasteiger partial charge on any atom is 0.352 e. The van der Waals surface area contributed by atoms with Gasteiger partial charge in [-0.2, -0.15) is 0 Å². The van der Waals surface area contributed by atoms with Gasteiger partial charge >= 0.3 is 5.97 Å². The van der Waals surface area contributed by atoms with Crippen LogP contribution >= 0.6 is 11.6 Å². The molecule has 4 rings (SSSR count). The maximum absolute atomic E-state index is 12.3. The number of carboxylic acid groups (broad SMARTS) is 1. The first-order valence-electron chi connectivity index (χ1n) is 9.90. The zero-order valence-corrected chi connectivity index (χ0v) is 17.4. The van der Waals surface area contributed by atoms with Gasteiger partial charge < -0.3 is 15.0 Å². The van der Waals surface area contributed by atoms with Gasteiger partial charge in [0.25, 0.3) is 0 Å². The van der Waals surface area contributed by atoms with Crippen LogP contribution in [0, 0.1) is 0 Å². The van der Waals surface area contributed by atoms with Crippen LogP contribution in [0.1, 0.15) is 40.1 Å². The molecule has 0 aliphatic carbocycles. The van der Waals surface area contributed by atoms with Crippen molar-refractivity contribution in [1.82, 2.24) is 9.88 Å². The molecule has 0 spiro atoms. The molecule has 0 bridgehead atoms.